The molecule has 2 rings (SSSR count). The number of hydrogen-bond donors (Lipinski definition) is 1. The van der Waals surface area contributed by atoms with Crippen molar-refractivity contribution in [3.63, 3.8) is 0 Å². The summed E-state index contributed by atoms with van der Waals surface area (Å²) in [4.78, 5) is 13.1. The maximum absolute atomic E-state index is 11.4. The highest BCUT2D eigenvalue weighted by atomic mass is 16.2. The Balaban J connectivity index is 2.18. The van der Waals surface area contributed by atoms with Gasteiger partial charge in [0.1, 0.15) is 0 Å². The molecule has 1 amide bonds. The van der Waals surface area contributed by atoms with Crippen LogP contribution in [0.25, 0.3) is 0 Å². The number of likely N-dealkylation sites (N-methyl/N-ethyl adjacent to an activating group) is 1. The molecule has 0 bridgehead atoms. The van der Waals surface area contributed by atoms with Gasteiger partial charge in [-0.25, -0.2) is 0 Å². The minimum Gasteiger partial charge on any atom is -0.331 e. The Morgan fingerprint density at radius 1 is 1.60 bits per heavy atom. The molecule has 1 saturated carbocycles. The zero-order valence-corrected chi connectivity index (χ0v) is 6.18. The summed E-state index contributed by atoms with van der Waals surface area (Å²) < 4.78 is 0. The number of nitrogens with one attached hydrogen (secondary N) is 1. The molecule has 1 spiro atoms. The van der Waals surface area contributed by atoms with Gasteiger partial charge in [-0.15, -0.1) is 0 Å². The van der Waals surface area contributed by atoms with E-state index in [0.717, 1.165) is 19.5 Å². The molecule has 1 N–H and O–H groups in total. The molecule has 1 heterocycles. The molecule has 0 aromatic heterocycles. The third kappa shape index (κ3) is 0.560. The van der Waals surface area contributed by atoms with E-state index in [2.05, 4.69) is 5.32 Å². The average molecular weight is 140 g/mol. The fourth-order valence-corrected chi connectivity index (χ4v) is 1.70. The van der Waals surface area contributed by atoms with Crippen LogP contribution in [0, 0.1) is 0 Å². The van der Waals surface area contributed by atoms with Gasteiger partial charge in [0.15, 0.2) is 0 Å². The molecule has 1 saturated heterocycles. The van der Waals surface area contributed by atoms with Crippen molar-refractivity contribution in [2.45, 2.75) is 24.8 Å². The van der Waals surface area contributed by atoms with Crippen LogP contribution in [0.3, 0.4) is 0 Å². The molecule has 0 aromatic carbocycles. The summed E-state index contributed by atoms with van der Waals surface area (Å²) >= 11 is 0. The lowest BCUT2D eigenvalue weighted by Crippen LogP contribution is -2.52. The van der Waals surface area contributed by atoms with Crippen LogP contribution in [-0.2, 0) is 4.79 Å². The molecule has 2 fully saturated rings. The van der Waals surface area contributed by atoms with Crippen molar-refractivity contribution >= 4 is 5.91 Å². The van der Waals surface area contributed by atoms with Gasteiger partial charge < -0.3 is 4.90 Å². The lowest BCUT2D eigenvalue weighted by atomic mass is 9.77. The fraction of sp³-hybridized carbons (Fsp3) is 0.857. The van der Waals surface area contributed by atoms with Crippen LogP contribution in [0.1, 0.15) is 19.3 Å². The summed E-state index contributed by atoms with van der Waals surface area (Å²) in [7, 11) is 1.85. The third-order valence-electron chi connectivity index (χ3n) is 2.62. The molecule has 56 valence electrons. The van der Waals surface area contributed by atoms with Gasteiger partial charge in [0, 0.05) is 7.05 Å². The van der Waals surface area contributed by atoms with E-state index < -0.39 is 0 Å². The van der Waals surface area contributed by atoms with Gasteiger partial charge in [-0.05, 0) is 19.3 Å². The number of hydrogen-bond acceptors (Lipinski definition) is 2. The summed E-state index contributed by atoms with van der Waals surface area (Å²) in [5.41, 5.74) is -0.116. The van der Waals surface area contributed by atoms with Crippen molar-refractivity contribution in [3.05, 3.63) is 0 Å². The molecular formula is C7H12N2O. The molecule has 3 nitrogen and oxygen atoms in total. The third-order valence-corrected chi connectivity index (χ3v) is 2.62. The molecule has 0 radical (unpaired) electrons. The first-order valence-corrected chi connectivity index (χ1v) is 3.75. The quantitative estimate of drug-likeness (QED) is 0.510. The molecule has 1 aliphatic carbocycles. The lowest BCUT2D eigenvalue weighted by molar-refractivity contribution is -0.133. The van der Waals surface area contributed by atoms with Crippen LogP contribution in [-0.4, -0.2) is 30.1 Å². The second-order valence-corrected chi connectivity index (χ2v) is 3.27. The smallest absolute Gasteiger partial charge is 0.243 e. The van der Waals surface area contributed by atoms with E-state index in [1.165, 1.54) is 6.42 Å². The van der Waals surface area contributed by atoms with E-state index in [-0.39, 0.29) is 5.54 Å². The van der Waals surface area contributed by atoms with Crippen molar-refractivity contribution in [3.8, 4) is 0 Å². The van der Waals surface area contributed by atoms with E-state index in [9.17, 15) is 4.79 Å². The summed E-state index contributed by atoms with van der Waals surface area (Å²) in [6.07, 6.45) is 3.28. The van der Waals surface area contributed by atoms with Gasteiger partial charge >= 0.3 is 0 Å². The molecule has 1 aliphatic heterocycles. The van der Waals surface area contributed by atoms with Crippen LogP contribution in [0.4, 0.5) is 0 Å². The van der Waals surface area contributed by atoms with Crippen LogP contribution < -0.4 is 5.32 Å². The Labute approximate surface area is 60.4 Å². The zero-order chi connectivity index (χ0) is 7.19. The summed E-state index contributed by atoms with van der Waals surface area (Å²) in [5.74, 6) is 0.291. The van der Waals surface area contributed by atoms with Crippen molar-refractivity contribution in [1.82, 2.24) is 10.2 Å². The first-order chi connectivity index (χ1) is 4.75. The van der Waals surface area contributed by atoms with Crippen LogP contribution in [0.15, 0.2) is 0 Å². The minimum absolute atomic E-state index is 0.116. The van der Waals surface area contributed by atoms with Gasteiger partial charge in [-0.3, -0.25) is 10.1 Å². The Morgan fingerprint density at radius 3 is 2.50 bits per heavy atom. The Hall–Kier alpha value is -0.570. The predicted octanol–water partition coefficient (Wildman–Crippen LogP) is -0.0718. The highest BCUT2D eigenvalue weighted by molar-refractivity contribution is 5.89. The monoisotopic (exact) mass is 140 g/mol. The maximum Gasteiger partial charge on any atom is 0.243 e. The normalized spacial score (nSPS) is 29.3. The second-order valence-electron chi connectivity index (χ2n) is 3.27. The number of carbonyl (C=O) groups excluding carboxylic acids is 1. The molecule has 2 aliphatic rings. The molecule has 0 atom stereocenters. The first kappa shape index (κ1) is 6.16. The van der Waals surface area contributed by atoms with E-state index in [1.807, 2.05) is 7.05 Å². The molecule has 10 heavy (non-hydrogen) atoms. The summed E-state index contributed by atoms with van der Waals surface area (Å²) in [5, 5.41) is 3.25. The van der Waals surface area contributed by atoms with Crippen molar-refractivity contribution < 1.29 is 4.79 Å². The Morgan fingerprint density at radius 2 is 2.30 bits per heavy atom. The van der Waals surface area contributed by atoms with E-state index in [1.54, 1.807) is 4.90 Å². The molecule has 3 heteroatoms. The van der Waals surface area contributed by atoms with E-state index in [4.69, 9.17) is 0 Å². The van der Waals surface area contributed by atoms with Crippen molar-refractivity contribution in [2.24, 2.45) is 0 Å². The number of amides is 1. The lowest BCUT2D eigenvalue weighted by Gasteiger charge is -2.35. The topological polar surface area (TPSA) is 32.3 Å². The number of nitrogens with zero attached hydrogens (tertiary/aromatic N) is 1. The number of carbonyl (C=O) groups is 1. The first-order valence-electron chi connectivity index (χ1n) is 3.75. The van der Waals surface area contributed by atoms with Crippen LogP contribution in [0.5, 0.6) is 0 Å². The SMILES string of the molecule is CN1CNC2(CCC2)C1=O. The van der Waals surface area contributed by atoms with Gasteiger partial charge in [-0.1, -0.05) is 0 Å². The Bertz CT molecular complexity index is 174. The Kier molecular flexibility index (Phi) is 1.06. The molecule has 0 unspecified atom stereocenters. The van der Waals surface area contributed by atoms with E-state index in [0.29, 0.717) is 5.91 Å². The van der Waals surface area contributed by atoms with Gasteiger partial charge in [0.25, 0.3) is 0 Å². The van der Waals surface area contributed by atoms with Crippen molar-refractivity contribution in [1.29, 1.82) is 0 Å². The molecular weight excluding hydrogens is 128 g/mol. The summed E-state index contributed by atoms with van der Waals surface area (Å²) in [6.45, 7) is 0.735. The molecule has 0 aromatic rings. The standard InChI is InChI=1S/C7H12N2O/c1-9-5-8-7(6(9)10)3-2-4-7/h8H,2-5H2,1H3. The highest BCUT2D eigenvalue weighted by Gasteiger charge is 2.49. The zero-order valence-electron chi connectivity index (χ0n) is 6.18. The van der Waals surface area contributed by atoms with Crippen LogP contribution >= 0.6 is 0 Å². The van der Waals surface area contributed by atoms with Crippen molar-refractivity contribution in [2.75, 3.05) is 13.7 Å². The second kappa shape index (κ2) is 1.72. The number of rotatable bonds is 0. The largest absolute Gasteiger partial charge is 0.331 e. The van der Waals surface area contributed by atoms with Gasteiger partial charge in [0.05, 0.1) is 12.2 Å². The minimum atomic E-state index is -0.116. The van der Waals surface area contributed by atoms with E-state index >= 15 is 0 Å². The van der Waals surface area contributed by atoms with Gasteiger partial charge in [0.2, 0.25) is 5.91 Å². The fourth-order valence-electron chi connectivity index (χ4n) is 1.70. The van der Waals surface area contributed by atoms with Gasteiger partial charge in [-0.2, -0.15) is 0 Å². The summed E-state index contributed by atoms with van der Waals surface area (Å²) in [6, 6.07) is 0. The maximum atomic E-state index is 11.4. The predicted molar refractivity (Wildman–Crippen MR) is 37.4 cm³/mol. The average Bonchev–Trinajstić information content (AvgIpc) is 2.10. The highest BCUT2D eigenvalue weighted by Crippen LogP contribution is 2.35. The van der Waals surface area contributed by atoms with Crippen LogP contribution in [0.2, 0.25) is 0 Å².